The molecule has 2 aromatic heterocycles. The van der Waals surface area contributed by atoms with Crippen molar-refractivity contribution in [2.45, 2.75) is 50.6 Å². The van der Waals surface area contributed by atoms with E-state index in [1.54, 1.807) is 4.57 Å². The summed E-state index contributed by atoms with van der Waals surface area (Å²) in [6.45, 7) is 6.41. The van der Waals surface area contributed by atoms with E-state index in [-0.39, 0.29) is 11.5 Å². The number of oxazole rings is 1. The van der Waals surface area contributed by atoms with Crippen LogP contribution in [-0.2, 0) is 17.1 Å². The minimum Gasteiger partial charge on any atom is -0.494 e. The highest BCUT2D eigenvalue weighted by molar-refractivity contribution is 7.98. The summed E-state index contributed by atoms with van der Waals surface area (Å²) in [6, 6.07) is 15.1. The quantitative estimate of drug-likeness (QED) is 0.214. The van der Waals surface area contributed by atoms with E-state index >= 15 is 0 Å². The Kier molecular flexibility index (Phi) is 7.60. The van der Waals surface area contributed by atoms with Gasteiger partial charge in [0.05, 0.1) is 23.2 Å². The number of aryl methyl sites for hydroxylation is 1. The molecule has 8 nitrogen and oxygen atoms in total. The summed E-state index contributed by atoms with van der Waals surface area (Å²) < 4.78 is 13.2. The molecule has 0 spiro atoms. The lowest BCUT2D eigenvalue weighted by molar-refractivity contribution is -0.127. The van der Waals surface area contributed by atoms with Gasteiger partial charge in [-0.05, 0) is 63.1 Å². The highest BCUT2D eigenvalue weighted by Gasteiger charge is 2.20. The Morgan fingerprint density at radius 3 is 2.62 bits per heavy atom. The first kappa shape index (κ1) is 25.1. The summed E-state index contributed by atoms with van der Waals surface area (Å²) in [5.41, 5.74) is 2.30. The van der Waals surface area contributed by atoms with Crippen molar-refractivity contribution in [2.75, 3.05) is 19.7 Å². The van der Waals surface area contributed by atoms with Crippen LogP contribution in [0.3, 0.4) is 0 Å². The van der Waals surface area contributed by atoms with E-state index < -0.39 is 0 Å². The lowest BCUT2D eigenvalue weighted by Crippen LogP contribution is -2.29. The molecule has 37 heavy (non-hydrogen) atoms. The SMILES string of the molecule is CCOc1ccc(-c2nc(CSc3nc4ccccc4c(=O)n3CCCN3CCCC3=O)c(C)o2)cc1. The zero-order valence-electron chi connectivity index (χ0n) is 21.1. The summed E-state index contributed by atoms with van der Waals surface area (Å²) in [5, 5.41) is 1.24. The maximum Gasteiger partial charge on any atom is 0.262 e. The highest BCUT2D eigenvalue weighted by atomic mass is 32.2. The molecule has 2 aromatic carbocycles. The predicted molar refractivity (Wildman–Crippen MR) is 144 cm³/mol. The van der Waals surface area contributed by atoms with Gasteiger partial charge < -0.3 is 14.1 Å². The molecule has 192 valence electrons. The molecule has 0 aliphatic carbocycles. The summed E-state index contributed by atoms with van der Waals surface area (Å²) in [4.78, 5) is 36.8. The number of carbonyl (C=O) groups excluding carboxylic acids is 1. The van der Waals surface area contributed by atoms with Gasteiger partial charge in [-0.25, -0.2) is 9.97 Å². The third-order valence-electron chi connectivity index (χ3n) is 6.45. The average molecular weight is 519 g/mol. The number of fused-ring (bicyclic) bond motifs is 1. The molecule has 1 amide bonds. The van der Waals surface area contributed by atoms with Crippen molar-refractivity contribution in [3.63, 3.8) is 0 Å². The number of para-hydroxylation sites is 1. The number of amides is 1. The van der Waals surface area contributed by atoms with Crippen LogP contribution in [0.25, 0.3) is 22.4 Å². The maximum absolute atomic E-state index is 13.4. The molecule has 0 radical (unpaired) electrons. The van der Waals surface area contributed by atoms with Crippen molar-refractivity contribution in [2.24, 2.45) is 0 Å². The topological polar surface area (TPSA) is 90.5 Å². The van der Waals surface area contributed by atoms with Crippen LogP contribution in [0.5, 0.6) is 5.75 Å². The number of carbonyl (C=O) groups is 1. The normalized spacial score (nSPS) is 13.6. The predicted octanol–water partition coefficient (Wildman–Crippen LogP) is 5.06. The van der Waals surface area contributed by atoms with Gasteiger partial charge in [-0.15, -0.1) is 0 Å². The van der Waals surface area contributed by atoms with Gasteiger partial charge in [-0.1, -0.05) is 23.9 Å². The van der Waals surface area contributed by atoms with Gasteiger partial charge in [-0.3, -0.25) is 14.2 Å². The lowest BCUT2D eigenvalue weighted by Gasteiger charge is -2.17. The molecule has 1 fully saturated rings. The molecule has 0 unspecified atom stereocenters. The number of hydrogen-bond donors (Lipinski definition) is 0. The van der Waals surface area contributed by atoms with Gasteiger partial charge in [0.1, 0.15) is 11.5 Å². The first-order chi connectivity index (χ1) is 18.0. The molecule has 4 aromatic rings. The monoisotopic (exact) mass is 518 g/mol. The number of aromatic nitrogens is 3. The van der Waals surface area contributed by atoms with Crippen LogP contribution >= 0.6 is 11.8 Å². The molecule has 1 saturated heterocycles. The third kappa shape index (κ3) is 5.56. The van der Waals surface area contributed by atoms with Gasteiger partial charge in [0.15, 0.2) is 5.16 Å². The number of likely N-dealkylation sites (tertiary alicyclic amines) is 1. The van der Waals surface area contributed by atoms with E-state index in [1.807, 2.05) is 67.3 Å². The molecule has 0 N–H and O–H groups in total. The number of thioether (sulfide) groups is 1. The van der Waals surface area contributed by atoms with Crippen LogP contribution in [-0.4, -0.2) is 45.0 Å². The molecular formula is C28H30N4O4S. The number of hydrogen-bond acceptors (Lipinski definition) is 7. The van der Waals surface area contributed by atoms with Gasteiger partial charge in [0.25, 0.3) is 5.56 Å². The molecule has 9 heteroatoms. The molecule has 0 atom stereocenters. The van der Waals surface area contributed by atoms with Crippen LogP contribution in [0, 0.1) is 6.92 Å². The Labute approximate surface area is 219 Å². The van der Waals surface area contributed by atoms with E-state index in [9.17, 15) is 9.59 Å². The first-order valence-electron chi connectivity index (χ1n) is 12.6. The molecule has 1 aliphatic heterocycles. The van der Waals surface area contributed by atoms with Gasteiger partial charge in [-0.2, -0.15) is 0 Å². The Morgan fingerprint density at radius 2 is 1.86 bits per heavy atom. The third-order valence-corrected chi connectivity index (χ3v) is 7.44. The second-order valence-electron chi connectivity index (χ2n) is 8.97. The maximum atomic E-state index is 13.4. The number of benzene rings is 2. The van der Waals surface area contributed by atoms with Crippen molar-refractivity contribution in [1.29, 1.82) is 0 Å². The number of nitrogens with zero attached hydrogens (tertiary/aromatic N) is 4. The van der Waals surface area contributed by atoms with Crippen LogP contribution in [0.1, 0.15) is 37.6 Å². The Morgan fingerprint density at radius 1 is 1.05 bits per heavy atom. The van der Waals surface area contributed by atoms with Crippen LogP contribution in [0.4, 0.5) is 0 Å². The number of rotatable bonds is 10. The zero-order chi connectivity index (χ0) is 25.8. The van der Waals surface area contributed by atoms with E-state index in [1.165, 1.54) is 11.8 Å². The molecule has 0 bridgehead atoms. The minimum atomic E-state index is -0.0622. The van der Waals surface area contributed by atoms with Crippen molar-refractivity contribution in [3.05, 3.63) is 70.3 Å². The van der Waals surface area contributed by atoms with Crippen molar-refractivity contribution >= 4 is 28.6 Å². The summed E-state index contributed by atoms with van der Waals surface area (Å²) >= 11 is 1.47. The molecule has 1 aliphatic rings. The van der Waals surface area contributed by atoms with Crippen molar-refractivity contribution < 1.29 is 13.9 Å². The van der Waals surface area contributed by atoms with E-state index in [4.69, 9.17) is 19.1 Å². The van der Waals surface area contributed by atoms with E-state index in [2.05, 4.69) is 0 Å². The molecular weight excluding hydrogens is 488 g/mol. The minimum absolute atomic E-state index is 0.0622. The van der Waals surface area contributed by atoms with Crippen molar-refractivity contribution in [1.82, 2.24) is 19.4 Å². The fraction of sp³-hybridized carbons (Fsp3) is 0.357. The highest BCUT2D eigenvalue weighted by Crippen LogP contribution is 2.28. The fourth-order valence-electron chi connectivity index (χ4n) is 4.49. The molecule has 5 rings (SSSR count). The summed E-state index contributed by atoms with van der Waals surface area (Å²) in [6.07, 6.45) is 2.23. The van der Waals surface area contributed by atoms with E-state index in [0.29, 0.717) is 60.2 Å². The molecule has 0 saturated carbocycles. The van der Waals surface area contributed by atoms with Gasteiger partial charge >= 0.3 is 0 Å². The van der Waals surface area contributed by atoms with Crippen LogP contribution in [0.2, 0.25) is 0 Å². The lowest BCUT2D eigenvalue weighted by atomic mass is 10.2. The second-order valence-corrected chi connectivity index (χ2v) is 9.92. The summed E-state index contributed by atoms with van der Waals surface area (Å²) in [5.74, 6) is 2.80. The average Bonchev–Trinajstić information content (AvgIpc) is 3.49. The Balaban J connectivity index is 1.35. The Hall–Kier alpha value is -3.59. The largest absolute Gasteiger partial charge is 0.494 e. The van der Waals surface area contributed by atoms with Crippen LogP contribution in [0.15, 0.2) is 62.9 Å². The Bertz CT molecular complexity index is 1460. The zero-order valence-corrected chi connectivity index (χ0v) is 21.9. The smallest absolute Gasteiger partial charge is 0.262 e. The first-order valence-corrected chi connectivity index (χ1v) is 13.6. The van der Waals surface area contributed by atoms with Gasteiger partial charge in [0.2, 0.25) is 11.8 Å². The van der Waals surface area contributed by atoms with Gasteiger partial charge in [0, 0.05) is 37.4 Å². The van der Waals surface area contributed by atoms with Crippen LogP contribution < -0.4 is 10.3 Å². The van der Waals surface area contributed by atoms with E-state index in [0.717, 1.165) is 35.7 Å². The standard InChI is InChI=1S/C28H30N4O4S/c1-3-35-21-13-11-20(12-14-21)26-29-24(19(2)36-26)18-37-28-30-23-9-5-4-8-22(23)27(34)32(28)17-7-16-31-15-6-10-25(31)33/h4-5,8-9,11-14H,3,6-7,10,15-18H2,1-2H3. The van der Waals surface area contributed by atoms with Crippen molar-refractivity contribution in [3.8, 4) is 17.2 Å². The summed E-state index contributed by atoms with van der Waals surface area (Å²) in [7, 11) is 0. The number of ether oxygens (including phenoxy) is 1. The second kappa shape index (κ2) is 11.2. The molecule has 3 heterocycles. The fourth-order valence-corrected chi connectivity index (χ4v) is 5.52.